The largest absolute Gasteiger partial charge is 0.334 e. The van der Waals surface area contributed by atoms with E-state index in [0.29, 0.717) is 12.1 Å². The first-order valence-electron chi connectivity index (χ1n) is 6.74. The highest BCUT2D eigenvalue weighted by atomic mass is 16.2. The van der Waals surface area contributed by atoms with Crippen molar-refractivity contribution in [2.24, 2.45) is 5.73 Å². The van der Waals surface area contributed by atoms with E-state index in [0.717, 1.165) is 36.7 Å². The lowest BCUT2D eigenvalue weighted by molar-refractivity contribution is 0.0625. The molecular weight excluding hydrogens is 240 g/mol. The van der Waals surface area contributed by atoms with Gasteiger partial charge in [0.15, 0.2) is 0 Å². The summed E-state index contributed by atoms with van der Waals surface area (Å²) in [5, 5.41) is 7.89. The second-order valence-corrected chi connectivity index (χ2v) is 5.02. The van der Waals surface area contributed by atoms with Gasteiger partial charge in [0.1, 0.15) is 0 Å². The maximum Gasteiger partial charge on any atom is 0.256 e. The molecule has 5 heteroatoms. The molecule has 3 rings (SSSR count). The molecule has 1 aliphatic rings. The molecule has 1 amide bonds. The average molecular weight is 258 g/mol. The molecule has 1 aromatic heterocycles. The van der Waals surface area contributed by atoms with Gasteiger partial charge in [-0.1, -0.05) is 12.1 Å². The summed E-state index contributed by atoms with van der Waals surface area (Å²) in [6, 6.07) is 5.86. The topological polar surface area (TPSA) is 75.0 Å². The van der Waals surface area contributed by atoms with Gasteiger partial charge in [-0.15, -0.1) is 0 Å². The number of piperidine rings is 1. The molecule has 0 saturated carbocycles. The number of hydrogen-bond acceptors (Lipinski definition) is 3. The van der Waals surface area contributed by atoms with Crippen LogP contribution in [0.25, 0.3) is 10.9 Å². The van der Waals surface area contributed by atoms with Crippen LogP contribution >= 0.6 is 0 Å². The third kappa shape index (κ3) is 2.10. The number of rotatable bonds is 2. The Morgan fingerprint density at radius 1 is 1.47 bits per heavy atom. The molecule has 3 N–H and O–H groups in total. The van der Waals surface area contributed by atoms with Crippen LogP contribution in [0.15, 0.2) is 24.4 Å². The second kappa shape index (κ2) is 5.01. The first-order valence-corrected chi connectivity index (χ1v) is 6.74. The SMILES string of the molecule is NCC1CCCCN1C(=O)c1cccc2cn[nH]c12. The fourth-order valence-corrected chi connectivity index (χ4v) is 2.81. The highest BCUT2D eigenvalue weighted by Gasteiger charge is 2.27. The van der Waals surface area contributed by atoms with Crippen LogP contribution in [0.5, 0.6) is 0 Å². The van der Waals surface area contributed by atoms with E-state index in [2.05, 4.69) is 10.2 Å². The molecule has 1 unspecified atom stereocenters. The minimum Gasteiger partial charge on any atom is -0.334 e. The molecule has 1 fully saturated rings. The Kier molecular flexibility index (Phi) is 3.21. The number of nitrogens with two attached hydrogens (primary N) is 1. The standard InChI is InChI=1S/C14H18N4O/c15-8-11-5-1-2-7-18(11)14(19)12-6-3-4-10-9-16-17-13(10)12/h3-4,6,9,11H,1-2,5,7-8,15H2,(H,16,17). The summed E-state index contributed by atoms with van der Waals surface area (Å²) >= 11 is 0. The van der Waals surface area contributed by atoms with Gasteiger partial charge in [0.05, 0.1) is 17.3 Å². The number of carbonyl (C=O) groups excluding carboxylic acids is 1. The summed E-state index contributed by atoms with van der Waals surface area (Å²) in [6.45, 7) is 1.33. The normalized spacial score (nSPS) is 19.8. The fraction of sp³-hybridized carbons (Fsp3) is 0.429. The predicted octanol–water partition coefficient (Wildman–Crippen LogP) is 1.52. The summed E-state index contributed by atoms with van der Waals surface area (Å²) in [7, 11) is 0. The number of H-pyrrole nitrogens is 1. The molecule has 1 saturated heterocycles. The number of carbonyl (C=O) groups is 1. The van der Waals surface area contributed by atoms with E-state index in [4.69, 9.17) is 5.73 Å². The highest BCUT2D eigenvalue weighted by Crippen LogP contribution is 2.22. The van der Waals surface area contributed by atoms with Gasteiger partial charge in [-0.05, 0) is 25.3 Å². The maximum absolute atomic E-state index is 12.7. The van der Waals surface area contributed by atoms with Crippen molar-refractivity contribution in [3.8, 4) is 0 Å². The van der Waals surface area contributed by atoms with Gasteiger partial charge in [-0.3, -0.25) is 9.89 Å². The van der Waals surface area contributed by atoms with Crippen molar-refractivity contribution in [3.63, 3.8) is 0 Å². The van der Waals surface area contributed by atoms with Crippen LogP contribution in [0.3, 0.4) is 0 Å². The minimum absolute atomic E-state index is 0.0602. The van der Waals surface area contributed by atoms with Gasteiger partial charge >= 0.3 is 0 Å². The van der Waals surface area contributed by atoms with Gasteiger partial charge in [-0.25, -0.2) is 0 Å². The van der Waals surface area contributed by atoms with Crippen molar-refractivity contribution in [3.05, 3.63) is 30.0 Å². The van der Waals surface area contributed by atoms with Gasteiger partial charge in [0, 0.05) is 24.5 Å². The summed E-state index contributed by atoms with van der Waals surface area (Å²) in [5.74, 6) is 0.0602. The van der Waals surface area contributed by atoms with Crippen LogP contribution in [-0.2, 0) is 0 Å². The van der Waals surface area contributed by atoms with Crippen molar-refractivity contribution in [1.82, 2.24) is 15.1 Å². The van der Waals surface area contributed by atoms with Gasteiger partial charge in [0.2, 0.25) is 0 Å². The predicted molar refractivity (Wildman–Crippen MR) is 73.8 cm³/mol. The third-order valence-corrected chi connectivity index (χ3v) is 3.87. The summed E-state index contributed by atoms with van der Waals surface area (Å²) < 4.78 is 0. The molecule has 2 heterocycles. The van der Waals surface area contributed by atoms with E-state index in [1.165, 1.54) is 0 Å². The number of benzene rings is 1. The molecule has 0 radical (unpaired) electrons. The summed E-state index contributed by atoms with van der Waals surface area (Å²) in [6.07, 6.45) is 4.95. The molecule has 100 valence electrons. The lowest BCUT2D eigenvalue weighted by Crippen LogP contribution is -2.47. The number of fused-ring (bicyclic) bond motifs is 1. The van der Waals surface area contributed by atoms with Crippen molar-refractivity contribution in [2.75, 3.05) is 13.1 Å². The van der Waals surface area contributed by atoms with Crippen molar-refractivity contribution in [1.29, 1.82) is 0 Å². The van der Waals surface area contributed by atoms with Crippen molar-refractivity contribution >= 4 is 16.8 Å². The number of nitrogens with one attached hydrogen (secondary N) is 1. The third-order valence-electron chi connectivity index (χ3n) is 3.87. The Morgan fingerprint density at radius 3 is 3.21 bits per heavy atom. The van der Waals surface area contributed by atoms with Crippen molar-refractivity contribution < 1.29 is 4.79 Å². The Hall–Kier alpha value is -1.88. The monoisotopic (exact) mass is 258 g/mol. The Balaban J connectivity index is 1.96. The van der Waals surface area contributed by atoms with E-state index >= 15 is 0 Å². The highest BCUT2D eigenvalue weighted by molar-refractivity contribution is 6.05. The summed E-state index contributed by atoms with van der Waals surface area (Å²) in [4.78, 5) is 14.6. The van der Waals surface area contributed by atoms with Gasteiger partial charge in [-0.2, -0.15) is 5.10 Å². The number of aromatic amines is 1. The number of para-hydroxylation sites is 1. The first kappa shape index (κ1) is 12.2. The molecule has 19 heavy (non-hydrogen) atoms. The number of hydrogen-bond donors (Lipinski definition) is 2. The Morgan fingerprint density at radius 2 is 2.37 bits per heavy atom. The number of amides is 1. The lowest BCUT2D eigenvalue weighted by Gasteiger charge is -2.35. The molecule has 1 atom stereocenters. The van der Waals surface area contributed by atoms with E-state index < -0.39 is 0 Å². The number of nitrogens with zero attached hydrogens (tertiary/aromatic N) is 2. The zero-order valence-electron chi connectivity index (χ0n) is 10.8. The zero-order valence-corrected chi connectivity index (χ0v) is 10.8. The average Bonchev–Trinajstić information content (AvgIpc) is 2.94. The molecule has 1 aromatic carbocycles. The summed E-state index contributed by atoms with van der Waals surface area (Å²) in [5.41, 5.74) is 7.29. The van der Waals surface area contributed by atoms with Crippen LogP contribution in [-0.4, -0.2) is 40.1 Å². The molecule has 0 aliphatic carbocycles. The fourth-order valence-electron chi connectivity index (χ4n) is 2.81. The quantitative estimate of drug-likeness (QED) is 0.857. The Bertz CT molecular complexity index is 592. The molecule has 2 aromatic rings. The zero-order chi connectivity index (χ0) is 13.2. The molecule has 1 aliphatic heterocycles. The van der Waals surface area contributed by atoms with E-state index in [1.807, 2.05) is 23.1 Å². The molecule has 0 bridgehead atoms. The second-order valence-electron chi connectivity index (χ2n) is 5.02. The van der Waals surface area contributed by atoms with Crippen molar-refractivity contribution in [2.45, 2.75) is 25.3 Å². The van der Waals surface area contributed by atoms with Crippen LogP contribution < -0.4 is 5.73 Å². The number of aromatic nitrogens is 2. The van der Waals surface area contributed by atoms with Gasteiger partial charge in [0.25, 0.3) is 5.91 Å². The Labute approximate surface area is 111 Å². The minimum atomic E-state index is 0.0602. The van der Waals surface area contributed by atoms with Crippen LogP contribution in [0.4, 0.5) is 0 Å². The van der Waals surface area contributed by atoms with Gasteiger partial charge < -0.3 is 10.6 Å². The van der Waals surface area contributed by atoms with E-state index in [1.54, 1.807) is 6.20 Å². The smallest absolute Gasteiger partial charge is 0.256 e. The number of likely N-dealkylation sites (tertiary alicyclic amines) is 1. The maximum atomic E-state index is 12.7. The lowest BCUT2D eigenvalue weighted by atomic mass is 10.0. The van der Waals surface area contributed by atoms with E-state index in [-0.39, 0.29) is 11.9 Å². The first-order chi connectivity index (χ1) is 9.31. The van der Waals surface area contributed by atoms with Crippen LogP contribution in [0.1, 0.15) is 29.6 Å². The molecule has 5 nitrogen and oxygen atoms in total. The van der Waals surface area contributed by atoms with Crippen LogP contribution in [0.2, 0.25) is 0 Å². The molecule has 0 spiro atoms. The van der Waals surface area contributed by atoms with Crippen LogP contribution in [0, 0.1) is 0 Å². The molecular formula is C14H18N4O. The van der Waals surface area contributed by atoms with E-state index in [9.17, 15) is 4.79 Å².